The van der Waals surface area contributed by atoms with E-state index in [1.54, 1.807) is 0 Å². The summed E-state index contributed by atoms with van der Waals surface area (Å²) in [5, 5.41) is 4.90. The number of aromatic nitrogens is 3. The summed E-state index contributed by atoms with van der Waals surface area (Å²) in [4.78, 5) is 14.7. The summed E-state index contributed by atoms with van der Waals surface area (Å²) in [5.74, 6) is 1.18. The minimum absolute atomic E-state index is 0.164. The van der Waals surface area contributed by atoms with Gasteiger partial charge in [-0.25, -0.2) is 4.68 Å². The van der Waals surface area contributed by atoms with Crippen LogP contribution in [0.2, 0.25) is 0 Å². The van der Waals surface area contributed by atoms with Crippen molar-refractivity contribution in [3.8, 4) is 11.5 Å². The standard InChI is InChI=1S/C22H26N4O/c1-15-8-9-17(12-16(15)2)26-20(24-10-6-7-11-24)18-13-25(14-19(18)23-26)21(27)22(3,4)5/h6-12H,13-14H2,1-5H3. The molecule has 0 atom stereocenters. The molecule has 1 aliphatic rings. The number of fused-ring (bicyclic) bond motifs is 1. The normalized spacial score (nSPS) is 13.9. The number of hydrogen-bond acceptors (Lipinski definition) is 2. The summed E-state index contributed by atoms with van der Waals surface area (Å²) in [6, 6.07) is 10.4. The fourth-order valence-corrected chi connectivity index (χ4v) is 3.60. The lowest BCUT2D eigenvalue weighted by Crippen LogP contribution is -2.36. The van der Waals surface area contributed by atoms with E-state index in [-0.39, 0.29) is 11.3 Å². The molecule has 1 aliphatic heterocycles. The van der Waals surface area contributed by atoms with Gasteiger partial charge in [-0.15, -0.1) is 0 Å². The smallest absolute Gasteiger partial charge is 0.228 e. The summed E-state index contributed by atoms with van der Waals surface area (Å²) < 4.78 is 4.10. The summed E-state index contributed by atoms with van der Waals surface area (Å²) in [7, 11) is 0. The number of rotatable bonds is 2. The molecule has 0 saturated heterocycles. The summed E-state index contributed by atoms with van der Waals surface area (Å²) >= 11 is 0. The number of nitrogens with zero attached hydrogens (tertiary/aromatic N) is 4. The largest absolute Gasteiger partial charge is 0.332 e. The molecule has 5 nitrogen and oxygen atoms in total. The van der Waals surface area contributed by atoms with E-state index in [0.717, 1.165) is 22.8 Å². The van der Waals surface area contributed by atoms with Crippen LogP contribution in [-0.2, 0) is 17.9 Å². The van der Waals surface area contributed by atoms with Crippen LogP contribution in [-0.4, -0.2) is 25.2 Å². The second-order valence-corrected chi connectivity index (χ2v) is 8.43. The zero-order chi connectivity index (χ0) is 19.3. The third-order valence-electron chi connectivity index (χ3n) is 5.24. The molecule has 0 bridgehead atoms. The highest BCUT2D eigenvalue weighted by molar-refractivity contribution is 5.82. The fourth-order valence-electron chi connectivity index (χ4n) is 3.60. The average Bonchev–Trinajstić information content (AvgIpc) is 3.30. The van der Waals surface area contributed by atoms with Crippen molar-refractivity contribution in [2.24, 2.45) is 5.41 Å². The van der Waals surface area contributed by atoms with Gasteiger partial charge in [-0.3, -0.25) is 4.79 Å². The van der Waals surface area contributed by atoms with Crippen LogP contribution < -0.4 is 0 Å². The van der Waals surface area contributed by atoms with Gasteiger partial charge in [0.15, 0.2) is 0 Å². The average molecular weight is 362 g/mol. The number of hydrogen-bond donors (Lipinski definition) is 0. The van der Waals surface area contributed by atoms with Crippen molar-refractivity contribution in [2.45, 2.75) is 47.7 Å². The van der Waals surface area contributed by atoms with E-state index in [9.17, 15) is 4.79 Å². The van der Waals surface area contributed by atoms with Crippen molar-refractivity contribution in [1.29, 1.82) is 0 Å². The predicted octanol–water partition coefficient (Wildman–Crippen LogP) is 4.17. The van der Waals surface area contributed by atoms with Gasteiger partial charge in [0.05, 0.1) is 24.5 Å². The Morgan fingerprint density at radius 3 is 2.37 bits per heavy atom. The number of carbonyl (C=O) groups excluding carboxylic acids is 1. The monoisotopic (exact) mass is 362 g/mol. The molecule has 0 saturated carbocycles. The molecular formula is C22H26N4O. The lowest BCUT2D eigenvalue weighted by molar-refractivity contribution is -0.140. The molecule has 4 rings (SSSR count). The molecule has 5 heteroatoms. The van der Waals surface area contributed by atoms with E-state index in [0.29, 0.717) is 13.1 Å². The van der Waals surface area contributed by atoms with Crippen LogP contribution in [0, 0.1) is 19.3 Å². The lowest BCUT2D eigenvalue weighted by atomic mass is 9.95. The molecule has 1 amide bonds. The maximum Gasteiger partial charge on any atom is 0.228 e. The third kappa shape index (κ3) is 2.97. The fraction of sp³-hybridized carbons (Fsp3) is 0.364. The van der Waals surface area contributed by atoms with Gasteiger partial charge >= 0.3 is 0 Å². The van der Waals surface area contributed by atoms with E-state index < -0.39 is 0 Å². The highest BCUT2D eigenvalue weighted by Crippen LogP contribution is 2.33. The van der Waals surface area contributed by atoms with Gasteiger partial charge < -0.3 is 9.47 Å². The Bertz CT molecular complexity index is 1010. The van der Waals surface area contributed by atoms with E-state index in [4.69, 9.17) is 5.10 Å². The van der Waals surface area contributed by atoms with Gasteiger partial charge in [0, 0.05) is 23.4 Å². The van der Waals surface area contributed by atoms with Crippen LogP contribution in [0.3, 0.4) is 0 Å². The molecule has 0 radical (unpaired) electrons. The Morgan fingerprint density at radius 1 is 1.04 bits per heavy atom. The Morgan fingerprint density at radius 2 is 1.74 bits per heavy atom. The zero-order valence-electron chi connectivity index (χ0n) is 16.7. The quantitative estimate of drug-likeness (QED) is 0.687. The van der Waals surface area contributed by atoms with Gasteiger partial charge in [0.1, 0.15) is 5.82 Å². The molecule has 0 fully saturated rings. The number of benzene rings is 1. The Hall–Kier alpha value is -2.82. The maximum absolute atomic E-state index is 12.8. The minimum Gasteiger partial charge on any atom is -0.332 e. The minimum atomic E-state index is -0.388. The lowest BCUT2D eigenvalue weighted by Gasteiger charge is -2.25. The molecule has 1 aromatic carbocycles. The molecule has 27 heavy (non-hydrogen) atoms. The highest BCUT2D eigenvalue weighted by atomic mass is 16.2. The number of aryl methyl sites for hydroxylation is 2. The second kappa shape index (κ2) is 6.12. The van der Waals surface area contributed by atoms with Crippen LogP contribution >= 0.6 is 0 Å². The van der Waals surface area contributed by atoms with Crippen molar-refractivity contribution < 1.29 is 4.79 Å². The van der Waals surface area contributed by atoms with Crippen LogP contribution in [0.15, 0.2) is 42.7 Å². The van der Waals surface area contributed by atoms with Gasteiger partial charge in [-0.05, 0) is 49.2 Å². The first-order chi connectivity index (χ1) is 12.8. The molecule has 3 aromatic rings. The molecule has 0 unspecified atom stereocenters. The van der Waals surface area contributed by atoms with Gasteiger partial charge in [-0.2, -0.15) is 5.10 Å². The molecule has 3 heterocycles. The van der Waals surface area contributed by atoms with Crippen molar-refractivity contribution in [1.82, 2.24) is 19.2 Å². The second-order valence-electron chi connectivity index (χ2n) is 8.43. The van der Waals surface area contributed by atoms with Crippen LogP contribution in [0.5, 0.6) is 0 Å². The van der Waals surface area contributed by atoms with E-state index in [2.05, 4.69) is 36.6 Å². The van der Waals surface area contributed by atoms with Crippen molar-refractivity contribution in [3.63, 3.8) is 0 Å². The molecule has 0 aliphatic carbocycles. The zero-order valence-corrected chi connectivity index (χ0v) is 16.7. The van der Waals surface area contributed by atoms with Gasteiger partial charge in [0.2, 0.25) is 5.91 Å². The number of amides is 1. The first-order valence-corrected chi connectivity index (χ1v) is 9.37. The Balaban J connectivity index is 1.81. The van der Waals surface area contributed by atoms with Crippen LogP contribution in [0.1, 0.15) is 43.2 Å². The Kier molecular flexibility index (Phi) is 3.98. The van der Waals surface area contributed by atoms with Gasteiger partial charge in [0.25, 0.3) is 0 Å². The van der Waals surface area contributed by atoms with E-state index >= 15 is 0 Å². The summed E-state index contributed by atoms with van der Waals surface area (Å²) in [5.41, 5.74) is 5.27. The molecule has 2 aromatic heterocycles. The van der Waals surface area contributed by atoms with Crippen molar-refractivity contribution >= 4 is 5.91 Å². The highest BCUT2D eigenvalue weighted by Gasteiger charge is 2.35. The SMILES string of the molecule is Cc1ccc(-n2nc3c(c2-n2cccc2)CN(C(=O)C(C)(C)C)C3)cc1C. The molecule has 0 N–H and O–H groups in total. The van der Waals surface area contributed by atoms with E-state index in [1.807, 2.05) is 54.9 Å². The van der Waals surface area contributed by atoms with Crippen molar-refractivity contribution in [3.05, 3.63) is 65.1 Å². The summed E-state index contributed by atoms with van der Waals surface area (Å²) in [6.45, 7) is 11.3. The van der Waals surface area contributed by atoms with Crippen LogP contribution in [0.4, 0.5) is 0 Å². The van der Waals surface area contributed by atoms with Crippen LogP contribution in [0.25, 0.3) is 11.5 Å². The predicted molar refractivity (Wildman–Crippen MR) is 106 cm³/mol. The first kappa shape index (κ1) is 17.6. The number of carbonyl (C=O) groups is 1. The van der Waals surface area contributed by atoms with Crippen molar-refractivity contribution in [2.75, 3.05) is 0 Å². The summed E-state index contributed by atoms with van der Waals surface area (Å²) in [6.07, 6.45) is 4.06. The third-order valence-corrected chi connectivity index (χ3v) is 5.24. The molecule has 0 spiro atoms. The maximum atomic E-state index is 12.8. The van der Waals surface area contributed by atoms with E-state index in [1.165, 1.54) is 11.1 Å². The topological polar surface area (TPSA) is 43.1 Å². The van der Waals surface area contributed by atoms with Gasteiger partial charge in [-0.1, -0.05) is 26.8 Å². The molecular weight excluding hydrogens is 336 g/mol. The Labute approximate surface area is 160 Å². The molecule has 140 valence electrons. The first-order valence-electron chi connectivity index (χ1n) is 9.37.